The monoisotopic (exact) mass is 396 g/mol. The highest BCUT2D eigenvalue weighted by atomic mass is 79.9. The zero-order valence-corrected chi connectivity index (χ0v) is 14.5. The average Bonchev–Trinajstić information content (AvgIpc) is 2.72. The number of anilines is 1. The Balaban J connectivity index is 2.10. The Bertz CT molecular complexity index is 600. The molecule has 2 heterocycles. The van der Waals surface area contributed by atoms with E-state index in [-0.39, 0.29) is 0 Å². The second-order valence-corrected chi connectivity index (χ2v) is 6.82. The van der Waals surface area contributed by atoms with E-state index in [2.05, 4.69) is 61.0 Å². The van der Waals surface area contributed by atoms with Crippen molar-refractivity contribution in [3.05, 3.63) is 34.9 Å². The molecule has 1 saturated heterocycles. The maximum absolute atomic E-state index is 4.70. The van der Waals surface area contributed by atoms with Crippen molar-refractivity contribution in [1.82, 2.24) is 4.98 Å². The third-order valence-electron chi connectivity index (χ3n) is 4.06. The van der Waals surface area contributed by atoms with Crippen LogP contribution in [0.5, 0.6) is 0 Å². The van der Waals surface area contributed by atoms with Crippen LogP contribution in [0, 0.1) is 0 Å². The van der Waals surface area contributed by atoms with Crippen molar-refractivity contribution in [2.45, 2.75) is 31.7 Å². The van der Waals surface area contributed by atoms with Crippen LogP contribution in [0.25, 0.3) is 10.8 Å². The SMILES string of the molecule is BrCC1CCCCCN1c1nccc2c(Br)cccc12. The molecule has 1 aliphatic rings. The Labute approximate surface area is 136 Å². The fraction of sp³-hybridized carbons (Fsp3) is 0.438. The minimum atomic E-state index is 0.551. The van der Waals surface area contributed by atoms with Gasteiger partial charge in [-0.05, 0) is 25.0 Å². The molecule has 0 bridgehead atoms. The van der Waals surface area contributed by atoms with Crippen LogP contribution in [0.3, 0.4) is 0 Å². The molecule has 0 N–H and O–H groups in total. The van der Waals surface area contributed by atoms with Gasteiger partial charge in [0, 0.05) is 39.4 Å². The lowest BCUT2D eigenvalue weighted by atomic mass is 10.1. The quantitative estimate of drug-likeness (QED) is 0.652. The third kappa shape index (κ3) is 2.73. The van der Waals surface area contributed by atoms with Crippen molar-refractivity contribution in [2.75, 3.05) is 16.8 Å². The van der Waals surface area contributed by atoms with E-state index in [4.69, 9.17) is 4.98 Å². The predicted octanol–water partition coefficient (Wildman–Crippen LogP) is 5.14. The smallest absolute Gasteiger partial charge is 0.136 e. The number of rotatable bonds is 2. The lowest BCUT2D eigenvalue weighted by molar-refractivity contribution is 0.623. The topological polar surface area (TPSA) is 16.1 Å². The Morgan fingerprint density at radius 1 is 1.15 bits per heavy atom. The average molecular weight is 398 g/mol. The van der Waals surface area contributed by atoms with Crippen LogP contribution >= 0.6 is 31.9 Å². The highest BCUT2D eigenvalue weighted by molar-refractivity contribution is 9.10. The molecule has 1 fully saturated rings. The normalized spacial score (nSPS) is 20.1. The lowest BCUT2D eigenvalue weighted by Gasteiger charge is -2.30. The van der Waals surface area contributed by atoms with Crippen molar-refractivity contribution in [2.24, 2.45) is 0 Å². The van der Waals surface area contributed by atoms with Gasteiger partial charge in [0.2, 0.25) is 0 Å². The first-order chi connectivity index (χ1) is 9.81. The Morgan fingerprint density at radius 2 is 2.05 bits per heavy atom. The second-order valence-electron chi connectivity index (χ2n) is 5.32. The second kappa shape index (κ2) is 6.44. The molecular weight excluding hydrogens is 380 g/mol. The molecule has 106 valence electrons. The molecule has 0 amide bonds. The molecule has 1 aromatic carbocycles. The van der Waals surface area contributed by atoms with Crippen LogP contribution in [-0.4, -0.2) is 22.9 Å². The molecule has 0 aliphatic carbocycles. The maximum Gasteiger partial charge on any atom is 0.136 e. The van der Waals surface area contributed by atoms with Gasteiger partial charge >= 0.3 is 0 Å². The molecule has 3 rings (SSSR count). The predicted molar refractivity (Wildman–Crippen MR) is 92.8 cm³/mol. The van der Waals surface area contributed by atoms with Crippen LogP contribution < -0.4 is 4.90 Å². The standard InChI is InChI=1S/C16H18Br2N2/c17-11-12-5-2-1-3-10-20(12)16-14-6-4-7-15(18)13(14)8-9-19-16/h4,6-9,12H,1-3,5,10-11H2. The van der Waals surface area contributed by atoms with Gasteiger partial charge in [0.15, 0.2) is 0 Å². The molecule has 1 aliphatic heterocycles. The summed E-state index contributed by atoms with van der Waals surface area (Å²) in [6.45, 7) is 1.11. The van der Waals surface area contributed by atoms with Crippen molar-refractivity contribution in [3.63, 3.8) is 0 Å². The van der Waals surface area contributed by atoms with Gasteiger partial charge in [-0.25, -0.2) is 4.98 Å². The lowest BCUT2D eigenvalue weighted by Crippen LogP contribution is -2.36. The van der Waals surface area contributed by atoms with Crippen molar-refractivity contribution >= 4 is 48.5 Å². The van der Waals surface area contributed by atoms with E-state index in [0.717, 1.165) is 22.2 Å². The molecule has 1 atom stereocenters. The number of pyridine rings is 1. The van der Waals surface area contributed by atoms with E-state index in [1.807, 2.05) is 6.20 Å². The van der Waals surface area contributed by atoms with Crippen molar-refractivity contribution in [3.8, 4) is 0 Å². The van der Waals surface area contributed by atoms with Crippen LogP contribution in [0.15, 0.2) is 34.9 Å². The number of benzene rings is 1. The number of halogens is 2. The summed E-state index contributed by atoms with van der Waals surface area (Å²) in [5, 5.41) is 3.50. The summed E-state index contributed by atoms with van der Waals surface area (Å²) in [5.41, 5.74) is 0. The van der Waals surface area contributed by atoms with Gasteiger partial charge in [-0.15, -0.1) is 0 Å². The molecule has 0 spiro atoms. The maximum atomic E-state index is 4.70. The van der Waals surface area contributed by atoms with E-state index in [9.17, 15) is 0 Å². The number of hydrogen-bond donors (Lipinski definition) is 0. The van der Waals surface area contributed by atoms with Gasteiger partial charge < -0.3 is 4.90 Å². The summed E-state index contributed by atoms with van der Waals surface area (Å²) in [6, 6.07) is 9.01. The van der Waals surface area contributed by atoms with Gasteiger partial charge in [-0.1, -0.05) is 56.8 Å². The van der Waals surface area contributed by atoms with E-state index in [0.29, 0.717) is 6.04 Å². The molecule has 0 saturated carbocycles. The van der Waals surface area contributed by atoms with Crippen molar-refractivity contribution < 1.29 is 0 Å². The van der Waals surface area contributed by atoms with Gasteiger partial charge in [0.25, 0.3) is 0 Å². The third-order valence-corrected chi connectivity index (χ3v) is 5.50. The number of fused-ring (bicyclic) bond motifs is 1. The zero-order chi connectivity index (χ0) is 13.9. The van der Waals surface area contributed by atoms with Crippen molar-refractivity contribution in [1.29, 1.82) is 0 Å². The summed E-state index contributed by atoms with van der Waals surface area (Å²) < 4.78 is 1.14. The van der Waals surface area contributed by atoms with Crippen LogP contribution in [0.4, 0.5) is 5.82 Å². The van der Waals surface area contributed by atoms with E-state index in [1.54, 1.807) is 0 Å². The number of aromatic nitrogens is 1. The summed E-state index contributed by atoms with van der Waals surface area (Å²) in [6.07, 6.45) is 7.08. The van der Waals surface area contributed by atoms with Crippen LogP contribution in [0.1, 0.15) is 25.7 Å². The van der Waals surface area contributed by atoms with E-state index >= 15 is 0 Å². The largest absolute Gasteiger partial charge is 0.352 e. The van der Waals surface area contributed by atoms with Gasteiger partial charge in [0.1, 0.15) is 5.82 Å². The Hall–Kier alpha value is -0.610. The Morgan fingerprint density at radius 3 is 2.90 bits per heavy atom. The molecule has 4 heteroatoms. The highest BCUT2D eigenvalue weighted by Gasteiger charge is 2.22. The first kappa shape index (κ1) is 14.3. The zero-order valence-electron chi connectivity index (χ0n) is 11.4. The number of hydrogen-bond acceptors (Lipinski definition) is 2. The van der Waals surface area contributed by atoms with Gasteiger partial charge in [-0.2, -0.15) is 0 Å². The first-order valence-corrected chi connectivity index (χ1v) is 9.08. The van der Waals surface area contributed by atoms with Gasteiger partial charge in [0.05, 0.1) is 0 Å². The minimum Gasteiger partial charge on any atom is -0.352 e. The van der Waals surface area contributed by atoms with E-state index < -0.39 is 0 Å². The summed E-state index contributed by atoms with van der Waals surface area (Å²) >= 11 is 7.33. The molecule has 0 radical (unpaired) electrons. The van der Waals surface area contributed by atoms with Crippen LogP contribution in [-0.2, 0) is 0 Å². The molecule has 2 aromatic rings. The molecular formula is C16H18Br2N2. The van der Waals surface area contributed by atoms with E-state index in [1.165, 1.54) is 36.5 Å². The summed E-state index contributed by atoms with van der Waals surface area (Å²) in [7, 11) is 0. The van der Waals surface area contributed by atoms with Gasteiger partial charge in [-0.3, -0.25) is 0 Å². The molecule has 20 heavy (non-hydrogen) atoms. The summed E-state index contributed by atoms with van der Waals surface area (Å²) in [5.74, 6) is 1.13. The molecule has 1 aromatic heterocycles. The fourth-order valence-corrected chi connectivity index (χ4v) is 4.17. The molecule has 2 nitrogen and oxygen atoms in total. The van der Waals surface area contributed by atoms with Crippen LogP contribution in [0.2, 0.25) is 0 Å². The fourth-order valence-electron chi connectivity index (χ4n) is 3.00. The molecule has 1 unspecified atom stereocenters. The Kier molecular flexibility index (Phi) is 4.61. The number of alkyl halides is 1. The number of nitrogens with zero attached hydrogens (tertiary/aromatic N) is 2. The minimum absolute atomic E-state index is 0.551. The first-order valence-electron chi connectivity index (χ1n) is 7.17. The highest BCUT2D eigenvalue weighted by Crippen LogP contribution is 2.32. The summed E-state index contributed by atoms with van der Waals surface area (Å²) in [4.78, 5) is 7.19.